The second-order valence-electron chi connectivity index (χ2n) is 4.55. The van der Waals surface area contributed by atoms with Crippen LogP contribution in [0.2, 0.25) is 0 Å². The van der Waals surface area contributed by atoms with Crippen molar-refractivity contribution in [3.63, 3.8) is 0 Å². The van der Waals surface area contributed by atoms with Crippen molar-refractivity contribution in [2.75, 3.05) is 5.73 Å². The Bertz CT molecular complexity index is 578. The molecular formula is C15H14FNO. The number of halogens is 1. The minimum Gasteiger partial charge on any atom is -0.490 e. The highest BCUT2D eigenvalue weighted by Crippen LogP contribution is 2.32. The van der Waals surface area contributed by atoms with Crippen molar-refractivity contribution in [1.82, 2.24) is 0 Å². The number of rotatable bonds is 3. The van der Waals surface area contributed by atoms with Gasteiger partial charge in [-0.25, -0.2) is 4.39 Å². The first-order valence-electron chi connectivity index (χ1n) is 6.05. The fraction of sp³-hybridized carbons (Fsp3) is 0.200. The summed E-state index contributed by atoms with van der Waals surface area (Å²) >= 11 is 0. The zero-order valence-corrected chi connectivity index (χ0v) is 9.90. The Labute approximate surface area is 105 Å². The fourth-order valence-electron chi connectivity index (χ4n) is 1.90. The topological polar surface area (TPSA) is 35.2 Å². The molecule has 1 saturated carbocycles. The van der Waals surface area contributed by atoms with Crippen molar-refractivity contribution < 1.29 is 9.13 Å². The molecule has 0 radical (unpaired) electrons. The Kier molecular flexibility index (Phi) is 2.67. The number of anilines is 1. The second kappa shape index (κ2) is 4.33. The van der Waals surface area contributed by atoms with Crippen LogP contribution in [0.15, 0.2) is 42.5 Å². The lowest BCUT2D eigenvalue weighted by molar-refractivity contribution is 0.303. The Morgan fingerprint density at radius 1 is 1.11 bits per heavy atom. The van der Waals surface area contributed by atoms with Crippen molar-refractivity contribution in [2.45, 2.75) is 18.9 Å². The molecule has 3 heteroatoms. The maximum Gasteiger partial charge on any atom is 0.146 e. The third kappa shape index (κ3) is 2.16. The van der Waals surface area contributed by atoms with Crippen molar-refractivity contribution in [2.24, 2.45) is 0 Å². The third-order valence-corrected chi connectivity index (χ3v) is 3.03. The van der Waals surface area contributed by atoms with Crippen molar-refractivity contribution in [1.29, 1.82) is 0 Å². The summed E-state index contributed by atoms with van der Waals surface area (Å²) in [7, 11) is 0. The van der Waals surface area contributed by atoms with Gasteiger partial charge >= 0.3 is 0 Å². The van der Waals surface area contributed by atoms with E-state index in [9.17, 15) is 4.39 Å². The van der Waals surface area contributed by atoms with Crippen molar-refractivity contribution in [3.8, 4) is 16.9 Å². The molecular weight excluding hydrogens is 229 g/mol. The van der Waals surface area contributed by atoms with Gasteiger partial charge in [-0.1, -0.05) is 24.3 Å². The summed E-state index contributed by atoms with van der Waals surface area (Å²) in [5.41, 5.74) is 7.53. The molecule has 0 aliphatic heterocycles. The van der Waals surface area contributed by atoms with Crippen molar-refractivity contribution in [3.05, 3.63) is 48.3 Å². The number of ether oxygens (including phenoxy) is 1. The molecule has 0 unspecified atom stereocenters. The van der Waals surface area contributed by atoms with E-state index in [-0.39, 0.29) is 11.5 Å². The molecule has 18 heavy (non-hydrogen) atoms. The molecule has 0 atom stereocenters. The standard InChI is InChI=1S/C15H14FNO/c16-14-6-2-5-13(15(14)17)10-3-1-4-12(9-10)18-11-7-8-11/h1-6,9,11H,7-8,17H2. The summed E-state index contributed by atoms with van der Waals surface area (Å²) < 4.78 is 19.2. The predicted molar refractivity (Wildman–Crippen MR) is 69.9 cm³/mol. The zero-order valence-electron chi connectivity index (χ0n) is 9.90. The summed E-state index contributed by atoms with van der Waals surface area (Å²) in [5.74, 6) is 0.430. The van der Waals surface area contributed by atoms with Gasteiger partial charge < -0.3 is 10.5 Å². The van der Waals surface area contributed by atoms with E-state index in [2.05, 4.69) is 0 Å². The largest absolute Gasteiger partial charge is 0.490 e. The van der Waals surface area contributed by atoms with Gasteiger partial charge in [-0.3, -0.25) is 0 Å². The molecule has 2 aromatic rings. The molecule has 0 spiro atoms. The first kappa shape index (κ1) is 11.1. The number of hydrogen-bond donors (Lipinski definition) is 1. The van der Waals surface area contributed by atoms with E-state index in [4.69, 9.17) is 10.5 Å². The molecule has 1 fully saturated rings. The van der Waals surface area contributed by atoms with Crippen molar-refractivity contribution >= 4 is 5.69 Å². The van der Waals surface area contributed by atoms with Gasteiger partial charge in [0.25, 0.3) is 0 Å². The lowest BCUT2D eigenvalue weighted by Crippen LogP contribution is -1.97. The summed E-state index contributed by atoms with van der Waals surface area (Å²) in [6.07, 6.45) is 2.59. The second-order valence-corrected chi connectivity index (χ2v) is 4.55. The Morgan fingerprint density at radius 3 is 2.67 bits per heavy atom. The summed E-state index contributed by atoms with van der Waals surface area (Å²) in [5, 5.41) is 0. The molecule has 92 valence electrons. The zero-order chi connectivity index (χ0) is 12.5. The van der Waals surface area contributed by atoms with Crippen LogP contribution in [0.4, 0.5) is 10.1 Å². The SMILES string of the molecule is Nc1c(F)cccc1-c1cccc(OC2CC2)c1. The normalized spacial score (nSPS) is 14.5. The average Bonchev–Trinajstić information content (AvgIpc) is 3.17. The van der Waals surface area contributed by atoms with Gasteiger partial charge in [-0.15, -0.1) is 0 Å². The van der Waals surface area contributed by atoms with Crippen LogP contribution in [0, 0.1) is 5.82 Å². The van der Waals surface area contributed by atoms with Gasteiger partial charge in [0.2, 0.25) is 0 Å². The van der Waals surface area contributed by atoms with Gasteiger partial charge in [-0.2, -0.15) is 0 Å². The highest BCUT2D eigenvalue weighted by molar-refractivity contribution is 5.77. The van der Waals surface area contributed by atoms with Gasteiger partial charge in [0.1, 0.15) is 11.6 Å². The van der Waals surface area contributed by atoms with E-state index in [1.165, 1.54) is 6.07 Å². The smallest absolute Gasteiger partial charge is 0.146 e. The van der Waals surface area contributed by atoms with Gasteiger partial charge in [0.15, 0.2) is 0 Å². The van der Waals surface area contributed by atoms with E-state index in [1.54, 1.807) is 6.07 Å². The molecule has 2 N–H and O–H groups in total. The van der Waals surface area contributed by atoms with Gasteiger partial charge in [0.05, 0.1) is 11.8 Å². The van der Waals surface area contributed by atoms with Crippen LogP contribution in [0.3, 0.4) is 0 Å². The fourth-order valence-corrected chi connectivity index (χ4v) is 1.90. The summed E-state index contributed by atoms with van der Waals surface area (Å²) in [6, 6.07) is 12.5. The Balaban J connectivity index is 1.97. The van der Waals surface area contributed by atoms with Gasteiger partial charge in [-0.05, 0) is 36.6 Å². The molecule has 0 aromatic heterocycles. The lowest BCUT2D eigenvalue weighted by atomic mass is 10.0. The monoisotopic (exact) mass is 243 g/mol. The molecule has 2 aromatic carbocycles. The van der Waals surface area contributed by atoms with Crippen LogP contribution in [0.5, 0.6) is 5.75 Å². The Morgan fingerprint density at radius 2 is 1.89 bits per heavy atom. The van der Waals surface area contributed by atoms with Crippen LogP contribution < -0.4 is 10.5 Å². The van der Waals surface area contributed by atoms with E-state index in [1.807, 2.05) is 30.3 Å². The van der Waals surface area contributed by atoms with E-state index < -0.39 is 0 Å². The minimum absolute atomic E-state index is 0.182. The maximum absolute atomic E-state index is 13.4. The Hall–Kier alpha value is -2.03. The summed E-state index contributed by atoms with van der Waals surface area (Å²) in [6.45, 7) is 0. The number of benzene rings is 2. The van der Waals surface area contributed by atoms with Crippen LogP contribution in [0.1, 0.15) is 12.8 Å². The average molecular weight is 243 g/mol. The van der Waals surface area contributed by atoms with E-state index in [0.29, 0.717) is 11.7 Å². The van der Waals surface area contributed by atoms with E-state index in [0.717, 1.165) is 24.2 Å². The maximum atomic E-state index is 13.4. The molecule has 0 heterocycles. The molecule has 1 aliphatic rings. The number of para-hydroxylation sites is 1. The first-order chi connectivity index (χ1) is 8.74. The number of nitrogen functional groups attached to an aromatic ring is 1. The predicted octanol–water partition coefficient (Wildman–Crippen LogP) is 3.62. The van der Waals surface area contributed by atoms with E-state index >= 15 is 0 Å². The number of nitrogens with two attached hydrogens (primary N) is 1. The first-order valence-corrected chi connectivity index (χ1v) is 6.05. The minimum atomic E-state index is -0.388. The summed E-state index contributed by atoms with van der Waals surface area (Å²) in [4.78, 5) is 0. The highest BCUT2D eigenvalue weighted by Gasteiger charge is 2.23. The molecule has 1 aliphatic carbocycles. The molecule has 0 bridgehead atoms. The highest BCUT2D eigenvalue weighted by atomic mass is 19.1. The third-order valence-electron chi connectivity index (χ3n) is 3.03. The van der Waals surface area contributed by atoms with Gasteiger partial charge in [0, 0.05) is 5.56 Å². The van der Waals surface area contributed by atoms with Crippen LogP contribution >= 0.6 is 0 Å². The van der Waals surface area contributed by atoms with Crippen LogP contribution in [-0.2, 0) is 0 Å². The molecule has 0 amide bonds. The molecule has 3 rings (SSSR count). The van der Waals surface area contributed by atoms with Crippen LogP contribution in [0.25, 0.3) is 11.1 Å². The molecule has 0 saturated heterocycles. The quantitative estimate of drug-likeness (QED) is 0.836. The lowest BCUT2D eigenvalue weighted by Gasteiger charge is -2.09. The molecule has 2 nitrogen and oxygen atoms in total. The van der Waals surface area contributed by atoms with Crippen LogP contribution in [-0.4, -0.2) is 6.10 Å². The number of hydrogen-bond acceptors (Lipinski definition) is 2.